The quantitative estimate of drug-likeness (QED) is 0.649. The molecule has 0 saturated heterocycles. The van der Waals surface area contributed by atoms with Crippen LogP contribution >= 0.6 is 0 Å². The van der Waals surface area contributed by atoms with Crippen molar-refractivity contribution in [3.05, 3.63) is 0 Å². The molecule has 0 aliphatic heterocycles. The van der Waals surface area contributed by atoms with Gasteiger partial charge in [-0.25, -0.2) is 0 Å². The second kappa shape index (κ2) is 6.18. The number of hydrogen-bond acceptors (Lipinski definition) is 3. The summed E-state index contributed by atoms with van der Waals surface area (Å²) < 4.78 is 0. The Morgan fingerprint density at radius 1 is 1.28 bits per heavy atom. The predicted molar refractivity (Wildman–Crippen MR) is 71.1 cm³/mol. The maximum atomic E-state index is 11.7. The van der Waals surface area contributed by atoms with Crippen molar-refractivity contribution in [3.63, 3.8) is 0 Å². The zero-order chi connectivity index (χ0) is 13.8. The van der Waals surface area contributed by atoms with Gasteiger partial charge in [0.1, 0.15) is 0 Å². The third kappa shape index (κ3) is 6.59. The largest absolute Gasteiger partial charge is 0.353 e. The van der Waals surface area contributed by atoms with Crippen molar-refractivity contribution in [2.24, 2.45) is 0 Å². The third-order valence-corrected chi connectivity index (χ3v) is 2.64. The second-order valence-electron chi connectivity index (χ2n) is 6.01. The number of rotatable bonds is 6. The van der Waals surface area contributed by atoms with Crippen LogP contribution in [0.3, 0.4) is 0 Å². The maximum Gasteiger partial charge on any atom is 0.237 e. The zero-order valence-corrected chi connectivity index (χ0v) is 11.8. The van der Waals surface area contributed by atoms with Crippen molar-refractivity contribution < 1.29 is 9.59 Å². The molecule has 1 fully saturated rings. The fourth-order valence-corrected chi connectivity index (χ4v) is 1.50. The monoisotopic (exact) mass is 255 g/mol. The van der Waals surface area contributed by atoms with E-state index in [-0.39, 0.29) is 23.4 Å². The summed E-state index contributed by atoms with van der Waals surface area (Å²) >= 11 is 0. The van der Waals surface area contributed by atoms with E-state index in [1.807, 2.05) is 20.8 Å². The molecule has 104 valence electrons. The van der Waals surface area contributed by atoms with Crippen LogP contribution in [0, 0.1) is 0 Å². The summed E-state index contributed by atoms with van der Waals surface area (Å²) in [7, 11) is 0. The molecule has 1 aliphatic carbocycles. The highest BCUT2D eigenvalue weighted by Crippen LogP contribution is 2.18. The normalized spacial score (nSPS) is 17.1. The van der Waals surface area contributed by atoms with E-state index in [1.165, 1.54) is 0 Å². The lowest BCUT2D eigenvalue weighted by Gasteiger charge is -2.23. The molecule has 0 aromatic heterocycles. The molecule has 1 saturated carbocycles. The van der Waals surface area contributed by atoms with Gasteiger partial charge < -0.3 is 16.0 Å². The molecule has 0 bridgehead atoms. The molecular weight excluding hydrogens is 230 g/mol. The van der Waals surface area contributed by atoms with Crippen molar-refractivity contribution >= 4 is 11.8 Å². The van der Waals surface area contributed by atoms with Crippen molar-refractivity contribution in [1.29, 1.82) is 0 Å². The first-order valence-electron chi connectivity index (χ1n) is 6.63. The van der Waals surface area contributed by atoms with Crippen LogP contribution in [0.1, 0.15) is 47.0 Å². The van der Waals surface area contributed by atoms with Crippen LogP contribution in [0.25, 0.3) is 0 Å². The average Bonchev–Trinajstić information content (AvgIpc) is 2.98. The van der Waals surface area contributed by atoms with Gasteiger partial charge in [0.05, 0.1) is 6.04 Å². The molecule has 1 atom stereocenters. The molecule has 18 heavy (non-hydrogen) atoms. The lowest BCUT2D eigenvalue weighted by Crippen LogP contribution is -2.50. The van der Waals surface area contributed by atoms with Crippen molar-refractivity contribution in [2.75, 3.05) is 6.54 Å². The lowest BCUT2D eigenvalue weighted by atomic mass is 10.1. The molecule has 0 aromatic rings. The number of carbonyl (C=O) groups is 2. The van der Waals surface area contributed by atoms with Gasteiger partial charge in [-0.15, -0.1) is 0 Å². The van der Waals surface area contributed by atoms with Crippen molar-refractivity contribution in [3.8, 4) is 0 Å². The molecule has 5 nitrogen and oxygen atoms in total. The van der Waals surface area contributed by atoms with E-state index in [0.717, 1.165) is 12.8 Å². The number of hydrogen-bond donors (Lipinski definition) is 3. The van der Waals surface area contributed by atoms with E-state index in [9.17, 15) is 9.59 Å². The number of nitrogens with one attached hydrogen (secondary N) is 3. The summed E-state index contributed by atoms with van der Waals surface area (Å²) in [5, 5.41) is 8.87. The first-order chi connectivity index (χ1) is 8.28. The Morgan fingerprint density at radius 2 is 1.89 bits per heavy atom. The first-order valence-corrected chi connectivity index (χ1v) is 6.63. The minimum Gasteiger partial charge on any atom is -0.353 e. The molecule has 5 heteroatoms. The molecule has 3 N–H and O–H groups in total. The van der Waals surface area contributed by atoms with Crippen LogP contribution in [0.4, 0.5) is 0 Å². The lowest BCUT2D eigenvalue weighted by molar-refractivity contribution is -0.125. The second-order valence-corrected chi connectivity index (χ2v) is 6.01. The molecule has 0 aromatic carbocycles. The summed E-state index contributed by atoms with van der Waals surface area (Å²) in [4.78, 5) is 23.2. The minimum absolute atomic E-state index is 0.0369. The fourth-order valence-electron chi connectivity index (χ4n) is 1.50. The molecule has 2 amide bonds. The highest BCUT2D eigenvalue weighted by atomic mass is 16.2. The molecule has 0 spiro atoms. The van der Waals surface area contributed by atoms with E-state index in [0.29, 0.717) is 19.0 Å². The van der Waals surface area contributed by atoms with E-state index < -0.39 is 0 Å². The highest BCUT2D eigenvalue weighted by molar-refractivity contribution is 5.82. The molecular formula is C13H25N3O2. The van der Waals surface area contributed by atoms with Crippen molar-refractivity contribution in [2.45, 2.75) is 64.6 Å². The van der Waals surface area contributed by atoms with E-state index in [4.69, 9.17) is 0 Å². The van der Waals surface area contributed by atoms with Gasteiger partial charge in [-0.05, 0) is 40.5 Å². The molecule has 1 aliphatic rings. The van der Waals surface area contributed by atoms with Gasteiger partial charge >= 0.3 is 0 Å². The van der Waals surface area contributed by atoms with Crippen LogP contribution in [0.15, 0.2) is 0 Å². The Hall–Kier alpha value is -1.10. The maximum absolute atomic E-state index is 11.7. The summed E-state index contributed by atoms with van der Waals surface area (Å²) in [6, 6.07) is 0.122. The molecule has 1 unspecified atom stereocenters. The Balaban J connectivity index is 2.13. The average molecular weight is 255 g/mol. The summed E-state index contributed by atoms with van der Waals surface area (Å²) in [6.45, 7) is 8.17. The van der Waals surface area contributed by atoms with E-state index in [1.54, 1.807) is 6.92 Å². The molecule has 1 rings (SSSR count). The van der Waals surface area contributed by atoms with Crippen LogP contribution in [0.5, 0.6) is 0 Å². The van der Waals surface area contributed by atoms with Gasteiger partial charge in [-0.1, -0.05) is 0 Å². The van der Waals surface area contributed by atoms with Crippen LogP contribution < -0.4 is 16.0 Å². The van der Waals surface area contributed by atoms with Gasteiger partial charge in [0.25, 0.3) is 0 Å². The summed E-state index contributed by atoms with van der Waals surface area (Å²) in [6.07, 6.45) is 2.62. The Kier molecular flexibility index (Phi) is 5.14. The van der Waals surface area contributed by atoms with E-state index >= 15 is 0 Å². The smallest absolute Gasteiger partial charge is 0.237 e. The SMILES string of the molecule is CC(NCCC(=O)NC1CC1)C(=O)NC(C)(C)C. The number of amides is 2. The highest BCUT2D eigenvalue weighted by Gasteiger charge is 2.23. The van der Waals surface area contributed by atoms with Crippen molar-refractivity contribution in [1.82, 2.24) is 16.0 Å². The van der Waals surface area contributed by atoms with Crippen LogP contribution in [0.2, 0.25) is 0 Å². The summed E-state index contributed by atoms with van der Waals surface area (Å²) in [5.74, 6) is 0.0264. The fraction of sp³-hybridized carbons (Fsp3) is 0.846. The minimum atomic E-state index is -0.280. The zero-order valence-electron chi connectivity index (χ0n) is 11.8. The summed E-state index contributed by atoms with van der Waals surface area (Å²) in [5.41, 5.74) is -0.226. The van der Waals surface area contributed by atoms with Gasteiger partial charge in [-0.2, -0.15) is 0 Å². The Bertz CT molecular complexity index is 306. The van der Waals surface area contributed by atoms with E-state index in [2.05, 4.69) is 16.0 Å². The standard InChI is InChI=1S/C13H25N3O2/c1-9(12(18)16-13(2,3)4)14-8-7-11(17)15-10-5-6-10/h9-10,14H,5-8H2,1-4H3,(H,15,17)(H,16,18). The molecule has 0 heterocycles. The van der Waals surface area contributed by atoms with Gasteiger partial charge in [0.15, 0.2) is 0 Å². The van der Waals surface area contributed by atoms with Crippen LogP contribution in [-0.2, 0) is 9.59 Å². The van der Waals surface area contributed by atoms with Gasteiger partial charge in [0, 0.05) is 24.5 Å². The Morgan fingerprint density at radius 3 is 2.39 bits per heavy atom. The topological polar surface area (TPSA) is 70.2 Å². The van der Waals surface area contributed by atoms with Gasteiger partial charge in [-0.3, -0.25) is 9.59 Å². The number of carbonyl (C=O) groups excluding carboxylic acids is 2. The first kappa shape index (κ1) is 15.0. The Labute approximate surface area is 109 Å². The predicted octanol–water partition coefficient (Wildman–Crippen LogP) is 0.548. The van der Waals surface area contributed by atoms with Crippen LogP contribution in [-0.4, -0.2) is 36.0 Å². The van der Waals surface area contributed by atoms with Gasteiger partial charge in [0.2, 0.25) is 11.8 Å². The third-order valence-electron chi connectivity index (χ3n) is 2.64. The molecule has 0 radical (unpaired) electrons.